The Morgan fingerprint density at radius 2 is 1.03 bits per heavy atom. The van der Waals surface area contributed by atoms with E-state index in [0.717, 1.165) is 0 Å². The van der Waals surface area contributed by atoms with Gasteiger partial charge in [0.2, 0.25) is 0 Å². The van der Waals surface area contributed by atoms with Crippen molar-refractivity contribution in [3.05, 3.63) is 95.0 Å². The van der Waals surface area contributed by atoms with Crippen molar-refractivity contribution in [2.24, 2.45) is 0 Å². The molecule has 4 heteroatoms. The van der Waals surface area contributed by atoms with Gasteiger partial charge in [-0.3, -0.25) is 10.1 Å². The van der Waals surface area contributed by atoms with Crippen molar-refractivity contribution < 1.29 is 10.0 Å². The predicted octanol–water partition coefficient (Wildman–Crippen LogP) is 8.47. The second kappa shape index (κ2) is 11.1. The van der Waals surface area contributed by atoms with Gasteiger partial charge in [-0.15, -0.1) is 0 Å². The van der Waals surface area contributed by atoms with Crippen molar-refractivity contribution in [2.45, 2.75) is 39.5 Å². The number of nitrogens with zero attached hydrogens (tertiary/aromatic N) is 1. The van der Waals surface area contributed by atoms with Crippen LogP contribution in [-0.4, -0.2) is 10.0 Å². The van der Waals surface area contributed by atoms with Gasteiger partial charge >= 0.3 is 0 Å². The highest BCUT2D eigenvalue weighted by molar-refractivity contribution is 6.22. The van der Waals surface area contributed by atoms with Crippen LogP contribution in [0, 0.1) is 10.1 Å². The molecule has 0 fully saturated rings. The van der Waals surface area contributed by atoms with Crippen LogP contribution in [0.1, 0.15) is 39.5 Å². The molecule has 32 heavy (non-hydrogen) atoms. The van der Waals surface area contributed by atoms with Crippen molar-refractivity contribution in [3.8, 4) is 5.75 Å². The number of hydrogen-bond donors (Lipinski definition) is 1. The van der Waals surface area contributed by atoms with Crippen LogP contribution in [0.25, 0.3) is 32.3 Å². The summed E-state index contributed by atoms with van der Waals surface area (Å²) in [6.07, 6.45) is 5.54. The summed E-state index contributed by atoms with van der Waals surface area (Å²) < 4.78 is 0. The maximum absolute atomic E-state index is 10.0. The fourth-order valence-corrected chi connectivity index (χ4v) is 3.74. The molecule has 164 valence electrons. The highest BCUT2D eigenvalue weighted by atomic mass is 16.6. The monoisotopic (exact) mass is 427 g/mol. The van der Waals surface area contributed by atoms with Gasteiger partial charge in [-0.25, -0.2) is 0 Å². The van der Waals surface area contributed by atoms with Gasteiger partial charge in [-0.1, -0.05) is 100 Å². The van der Waals surface area contributed by atoms with Crippen LogP contribution in [0.3, 0.4) is 0 Å². The Balaban J connectivity index is 0.000000156. The van der Waals surface area contributed by atoms with E-state index < -0.39 is 4.92 Å². The Hall–Kier alpha value is -3.66. The summed E-state index contributed by atoms with van der Waals surface area (Å²) in [5.41, 5.74) is -0.0159. The van der Waals surface area contributed by atoms with Crippen LogP contribution in [0.2, 0.25) is 0 Å². The second-order valence-electron chi connectivity index (χ2n) is 7.77. The minimum absolute atomic E-state index is 0.0159. The zero-order valence-corrected chi connectivity index (χ0v) is 18.6. The van der Waals surface area contributed by atoms with E-state index in [1.165, 1.54) is 82.3 Å². The van der Waals surface area contributed by atoms with E-state index in [1.54, 1.807) is 0 Å². The van der Waals surface area contributed by atoms with Crippen LogP contribution >= 0.6 is 0 Å². The first-order chi connectivity index (χ1) is 15.5. The van der Waals surface area contributed by atoms with Crippen molar-refractivity contribution in [3.63, 3.8) is 0 Å². The van der Waals surface area contributed by atoms with Gasteiger partial charge in [0.15, 0.2) is 0 Å². The number of nitro groups is 1. The Morgan fingerprint density at radius 3 is 1.34 bits per heavy atom. The Kier molecular flexibility index (Phi) is 7.98. The highest BCUT2D eigenvalue weighted by Crippen LogP contribution is 2.33. The number of phenols is 1. The van der Waals surface area contributed by atoms with Crippen molar-refractivity contribution in [2.75, 3.05) is 0 Å². The van der Waals surface area contributed by atoms with E-state index in [2.05, 4.69) is 74.5 Å². The van der Waals surface area contributed by atoms with Crippen LogP contribution in [0.15, 0.2) is 84.9 Å². The number of phenolic OH excluding ortho intramolecular Hbond substituents is 1. The summed E-state index contributed by atoms with van der Waals surface area (Å²) in [6, 6.07) is 26.9. The number of rotatable bonds is 4. The molecule has 0 spiro atoms. The third-order valence-electron chi connectivity index (χ3n) is 5.41. The van der Waals surface area contributed by atoms with Gasteiger partial charge in [-0.05, 0) is 44.5 Å². The van der Waals surface area contributed by atoms with Gasteiger partial charge < -0.3 is 5.11 Å². The molecular formula is C28H29NO3. The molecule has 0 amide bonds. The number of benzene rings is 5. The zero-order valence-electron chi connectivity index (χ0n) is 18.6. The molecule has 1 N–H and O–H groups in total. The van der Waals surface area contributed by atoms with E-state index >= 15 is 0 Å². The number of unbranched alkanes of at least 4 members (excludes halogenated alkanes) is 3. The molecule has 4 nitrogen and oxygen atoms in total. The highest BCUT2D eigenvalue weighted by Gasteiger charge is 2.06. The molecule has 5 rings (SSSR count). The lowest BCUT2D eigenvalue weighted by molar-refractivity contribution is -0.384. The third-order valence-corrected chi connectivity index (χ3v) is 5.41. The van der Waals surface area contributed by atoms with E-state index in [1.807, 2.05) is 0 Å². The number of aromatic hydroxyl groups is 1. The van der Waals surface area contributed by atoms with Crippen LogP contribution in [0.4, 0.5) is 5.69 Å². The molecule has 0 aliphatic heterocycles. The van der Waals surface area contributed by atoms with Gasteiger partial charge in [0.05, 0.1) is 4.92 Å². The summed E-state index contributed by atoms with van der Waals surface area (Å²) in [6.45, 7) is 4.46. The van der Waals surface area contributed by atoms with E-state index in [-0.39, 0.29) is 11.4 Å². The normalized spacial score (nSPS) is 10.4. The van der Waals surface area contributed by atoms with Gasteiger partial charge in [0.1, 0.15) is 5.75 Å². The number of hydrogen-bond acceptors (Lipinski definition) is 3. The number of nitro benzene ring substituents is 1. The van der Waals surface area contributed by atoms with E-state index in [0.29, 0.717) is 0 Å². The van der Waals surface area contributed by atoms with E-state index in [9.17, 15) is 10.1 Å². The zero-order chi connectivity index (χ0) is 22.9. The first-order valence-electron chi connectivity index (χ1n) is 11.1. The lowest BCUT2D eigenvalue weighted by Gasteiger charge is -2.09. The molecule has 0 aliphatic rings. The molecule has 0 aliphatic carbocycles. The van der Waals surface area contributed by atoms with Crippen molar-refractivity contribution in [1.82, 2.24) is 0 Å². The fraction of sp³-hybridized carbons (Fsp3) is 0.214. The SMILES string of the molecule is CCCCCC.O=[N+]([O-])c1ccc(O)cc1.c1cc2ccc3cccc4ccc(c1)c2c34. The molecular weight excluding hydrogens is 398 g/mol. The Bertz CT molecular complexity index is 1150. The maximum atomic E-state index is 10.0. The van der Waals surface area contributed by atoms with Gasteiger partial charge in [-0.2, -0.15) is 0 Å². The standard InChI is InChI=1S/C16H10.C6H5NO3.C6H14/c1-3-11-7-9-13-5-2-6-14-10-8-12(4-1)15(11)16(13)14;8-6-3-1-5(2-4-6)7(9)10;1-3-5-6-4-2/h1-10H;1-4,8H;3-6H2,1-2H3. The molecule has 0 aromatic heterocycles. The minimum Gasteiger partial charge on any atom is -0.508 e. The maximum Gasteiger partial charge on any atom is 0.269 e. The molecule has 0 bridgehead atoms. The Labute approximate surface area is 188 Å². The minimum atomic E-state index is -0.514. The summed E-state index contributed by atoms with van der Waals surface area (Å²) in [5, 5.41) is 26.9. The van der Waals surface area contributed by atoms with Crippen LogP contribution < -0.4 is 0 Å². The lowest BCUT2D eigenvalue weighted by Crippen LogP contribution is -1.85. The van der Waals surface area contributed by atoms with Gasteiger partial charge in [0, 0.05) is 12.1 Å². The topological polar surface area (TPSA) is 63.4 Å². The van der Waals surface area contributed by atoms with Crippen molar-refractivity contribution >= 4 is 38.0 Å². The molecule has 5 aromatic rings. The first kappa shape index (κ1) is 23.0. The smallest absolute Gasteiger partial charge is 0.269 e. The molecule has 0 unspecified atom stereocenters. The molecule has 0 radical (unpaired) electrons. The Morgan fingerprint density at radius 1 is 0.656 bits per heavy atom. The molecule has 0 heterocycles. The predicted molar refractivity (Wildman–Crippen MR) is 135 cm³/mol. The summed E-state index contributed by atoms with van der Waals surface area (Å²) in [4.78, 5) is 9.52. The van der Waals surface area contributed by atoms with Crippen molar-refractivity contribution in [1.29, 1.82) is 0 Å². The fourth-order valence-electron chi connectivity index (χ4n) is 3.74. The van der Waals surface area contributed by atoms with E-state index in [4.69, 9.17) is 5.11 Å². The first-order valence-corrected chi connectivity index (χ1v) is 11.1. The van der Waals surface area contributed by atoms with Crippen LogP contribution in [-0.2, 0) is 0 Å². The van der Waals surface area contributed by atoms with Gasteiger partial charge in [0.25, 0.3) is 5.69 Å². The summed E-state index contributed by atoms with van der Waals surface area (Å²) in [7, 11) is 0. The largest absolute Gasteiger partial charge is 0.508 e. The second-order valence-corrected chi connectivity index (χ2v) is 7.77. The molecule has 0 atom stereocenters. The average Bonchev–Trinajstić information content (AvgIpc) is 2.82. The molecule has 0 saturated heterocycles. The summed E-state index contributed by atoms with van der Waals surface area (Å²) >= 11 is 0. The van der Waals surface area contributed by atoms with Crippen LogP contribution in [0.5, 0.6) is 5.75 Å². The third kappa shape index (κ3) is 5.52. The lowest BCUT2D eigenvalue weighted by atomic mass is 9.95. The number of non-ortho nitro benzene ring substituents is 1. The summed E-state index contributed by atoms with van der Waals surface area (Å²) in [5.74, 6) is 0.0330. The average molecular weight is 428 g/mol. The quantitative estimate of drug-likeness (QED) is 0.135. The molecule has 5 aromatic carbocycles. The molecule has 0 saturated carbocycles.